The fraction of sp³-hybridized carbons (Fsp3) is 0.304. The molecule has 3 rings (SSSR count). The highest BCUT2D eigenvalue weighted by atomic mass is 127. The quantitative estimate of drug-likeness (QED) is 0.394. The Morgan fingerprint density at radius 2 is 1.76 bits per heavy atom. The van der Waals surface area contributed by atoms with E-state index in [1.807, 2.05) is 0 Å². The number of hydrogen-bond donors (Lipinski definition) is 1. The van der Waals surface area contributed by atoms with E-state index in [9.17, 15) is 9.59 Å². The molecule has 33 heavy (non-hydrogen) atoms. The summed E-state index contributed by atoms with van der Waals surface area (Å²) >= 11 is 8.33. The summed E-state index contributed by atoms with van der Waals surface area (Å²) in [6.45, 7) is 1.68. The van der Waals surface area contributed by atoms with Gasteiger partial charge in [0.15, 0.2) is 11.5 Å². The molecule has 0 bridgehead atoms. The zero-order valence-corrected chi connectivity index (χ0v) is 21.4. The van der Waals surface area contributed by atoms with Crippen LogP contribution in [0.3, 0.4) is 0 Å². The summed E-state index contributed by atoms with van der Waals surface area (Å²) < 4.78 is 22.5. The number of benzene rings is 2. The van der Waals surface area contributed by atoms with Gasteiger partial charge in [-0.25, -0.2) is 0 Å². The highest BCUT2D eigenvalue weighted by molar-refractivity contribution is 14.1. The minimum absolute atomic E-state index is 0.0716. The lowest BCUT2D eigenvalue weighted by atomic mass is 10.1. The minimum Gasteiger partial charge on any atom is -0.493 e. The molecular weight excluding hydrogens is 563 g/mol. The first-order valence-corrected chi connectivity index (χ1v) is 11.5. The van der Waals surface area contributed by atoms with Crippen molar-refractivity contribution in [3.8, 4) is 17.2 Å². The fourth-order valence-corrected chi connectivity index (χ4v) is 4.04. The summed E-state index contributed by atoms with van der Waals surface area (Å²) in [5, 5.41) is 3.03. The highest BCUT2D eigenvalue weighted by Gasteiger charge is 2.25. The Balaban J connectivity index is 2.05. The molecule has 2 amide bonds. The number of nitrogens with one attached hydrogen (secondary N) is 1. The number of morpholine rings is 1. The molecule has 0 aliphatic carbocycles. The zero-order chi connectivity index (χ0) is 24.0. The van der Waals surface area contributed by atoms with Crippen LogP contribution in [-0.2, 0) is 9.53 Å². The molecule has 8 nitrogen and oxygen atoms in total. The summed E-state index contributed by atoms with van der Waals surface area (Å²) in [6, 6.07) is 8.51. The minimum atomic E-state index is -0.495. The smallest absolute Gasteiger partial charge is 0.270 e. The van der Waals surface area contributed by atoms with Gasteiger partial charge in [-0.1, -0.05) is 11.6 Å². The number of methoxy groups -OCH3 is 3. The summed E-state index contributed by atoms with van der Waals surface area (Å²) in [6.07, 6.45) is 1.55. The lowest BCUT2D eigenvalue weighted by Gasteiger charge is -2.28. The molecule has 0 saturated carbocycles. The lowest BCUT2D eigenvalue weighted by Crippen LogP contribution is -2.44. The zero-order valence-electron chi connectivity index (χ0n) is 18.4. The first-order valence-electron chi connectivity index (χ1n) is 10.0. The summed E-state index contributed by atoms with van der Waals surface area (Å²) in [5.74, 6) is 0.378. The Kier molecular flexibility index (Phi) is 8.81. The Bertz CT molecular complexity index is 1070. The number of ether oxygens (including phenoxy) is 4. The van der Waals surface area contributed by atoms with Gasteiger partial charge in [-0.3, -0.25) is 9.59 Å². The molecule has 0 unspecified atom stereocenters. The molecule has 2 aromatic carbocycles. The Labute approximate surface area is 210 Å². The van der Waals surface area contributed by atoms with Crippen molar-refractivity contribution in [1.29, 1.82) is 0 Å². The maximum Gasteiger partial charge on any atom is 0.270 e. The first kappa shape index (κ1) is 25.1. The van der Waals surface area contributed by atoms with Crippen molar-refractivity contribution < 1.29 is 28.5 Å². The molecule has 2 aromatic rings. The Morgan fingerprint density at radius 3 is 2.39 bits per heavy atom. The molecule has 176 valence electrons. The van der Waals surface area contributed by atoms with Crippen LogP contribution in [-0.4, -0.2) is 64.3 Å². The van der Waals surface area contributed by atoms with Crippen molar-refractivity contribution in [2.45, 2.75) is 0 Å². The third kappa shape index (κ3) is 5.90. The van der Waals surface area contributed by atoms with Crippen LogP contribution in [0.4, 0.5) is 0 Å². The van der Waals surface area contributed by atoms with Gasteiger partial charge in [-0.15, -0.1) is 0 Å². The van der Waals surface area contributed by atoms with Crippen LogP contribution in [0.25, 0.3) is 6.08 Å². The number of amides is 2. The number of rotatable bonds is 7. The average molecular weight is 587 g/mol. The number of carbonyl (C=O) groups is 2. The molecule has 1 saturated heterocycles. The lowest BCUT2D eigenvalue weighted by molar-refractivity contribution is -0.131. The van der Waals surface area contributed by atoms with Crippen LogP contribution in [0.15, 0.2) is 36.0 Å². The van der Waals surface area contributed by atoms with Gasteiger partial charge in [0.05, 0.1) is 45.1 Å². The third-order valence-electron chi connectivity index (χ3n) is 4.98. The predicted octanol–water partition coefficient (Wildman–Crippen LogP) is 3.60. The van der Waals surface area contributed by atoms with Crippen LogP contribution < -0.4 is 19.5 Å². The van der Waals surface area contributed by atoms with E-state index in [2.05, 4.69) is 27.9 Å². The first-order chi connectivity index (χ1) is 15.9. The van der Waals surface area contributed by atoms with Gasteiger partial charge in [0.25, 0.3) is 11.8 Å². The van der Waals surface area contributed by atoms with E-state index >= 15 is 0 Å². The number of hydrogen-bond acceptors (Lipinski definition) is 6. The van der Waals surface area contributed by atoms with Gasteiger partial charge < -0.3 is 29.2 Å². The maximum atomic E-state index is 13.4. The molecule has 0 atom stereocenters. The van der Waals surface area contributed by atoms with E-state index in [0.29, 0.717) is 49.1 Å². The van der Waals surface area contributed by atoms with E-state index in [-0.39, 0.29) is 22.2 Å². The standard InChI is InChI=1S/C23H24ClIN2O6/c1-30-19-7-4-14(20(31-2)21(19)32-3)12-18(23(29)27-8-10-33-11-9-27)26-22(28)16-13-15(25)5-6-17(16)24/h4-7,12-13H,8-11H2,1-3H3,(H,26,28). The molecule has 1 heterocycles. The van der Waals surface area contributed by atoms with Crippen LogP contribution in [0, 0.1) is 3.57 Å². The van der Waals surface area contributed by atoms with Gasteiger partial charge >= 0.3 is 0 Å². The monoisotopic (exact) mass is 586 g/mol. The van der Waals surface area contributed by atoms with Gasteiger partial charge in [-0.05, 0) is 59.0 Å². The van der Waals surface area contributed by atoms with E-state index in [1.54, 1.807) is 41.3 Å². The van der Waals surface area contributed by atoms with Crippen molar-refractivity contribution in [3.05, 3.63) is 55.7 Å². The maximum absolute atomic E-state index is 13.4. The van der Waals surface area contributed by atoms with Gasteiger partial charge in [0.1, 0.15) is 5.70 Å². The predicted molar refractivity (Wildman–Crippen MR) is 133 cm³/mol. The average Bonchev–Trinajstić information content (AvgIpc) is 2.84. The fourth-order valence-electron chi connectivity index (χ4n) is 3.34. The van der Waals surface area contributed by atoms with E-state index in [1.165, 1.54) is 21.3 Å². The second kappa shape index (κ2) is 11.6. The molecule has 0 radical (unpaired) electrons. The molecule has 1 aliphatic rings. The Morgan fingerprint density at radius 1 is 1.06 bits per heavy atom. The SMILES string of the molecule is COc1ccc(C=C(NC(=O)c2cc(I)ccc2Cl)C(=O)N2CCOCC2)c(OC)c1OC. The van der Waals surface area contributed by atoms with Crippen LogP contribution >= 0.6 is 34.2 Å². The van der Waals surface area contributed by atoms with Crippen LogP contribution in [0.5, 0.6) is 17.2 Å². The van der Waals surface area contributed by atoms with E-state index in [4.69, 9.17) is 30.5 Å². The van der Waals surface area contributed by atoms with Gasteiger partial charge in [0, 0.05) is 22.2 Å². The summed E-state index contributed by atoms with van der Waals surface area (Å²) in [4.78, 5) is 28.1. The number of nitrogens with zero attached hydrogens (tertiary/aromatic N) is 1. The molecule has 0 aromatic heterocycles. The number of carbonyl (C=O) groups excluding carboxylic acids is 2. The van der Waals surface area contributed by atoms with Crippen molar-refractivity contribution in [2.24, 2.45) is 0 Å². The molecule has 10 heteroatoms. The van der Waals surface area contributed by atoms with Crippen molar-refractivity contribution >= 4 is 52.1 Å². The van der Waals surface area contributed by atoms with Crippen LogP contribution in [0.2, 0.25) is 5.02 Å². The largest absolute Gasteiger partial charge is 0.493 e. The van der Waals surface area contributed by atoms with E-state index < -0.39 is 5.91 Å². The summed E-state index contributed by atoms with van der Waals surface area (Å²) in [5.41, 5.74) is 0.867. The van der Waals surface area contributed by atoms with Gasteiger partial charge in [-0.2, -0.15) is 0 Å². The van der Waals surface area contributed by atoms with Crippen molar-refractivity contribution in [2.75, 3.05) is 47.6 Å². The van der Waals surface area contributed by atoms with Crippen LogP contribution in [0.1, 0.15) is 15.9 Å². The van der Waals surface area contributed by atoms with Gasteiger partial charge in [0.2, 0.25) is 5.75 Å². The molecule has 1 N–H and O–H groups in total. The summed E-state index contributed by atoms with van der Waals surface area (Å²) in [7, 11) is 4.50. The highest BCUT2D eigenvalue weighted by Crippen LogP contribution is 2.40. The molecule has 1 fully saturated rings. The molecule has 1 aliphatic heterocycles. The van der Waals surface area contributed by atoms with Crippen molar-refractivity contribution in [3.63, 3.8) is 0 Å². The molecular formula is C23H24ClIN2O6. The third-order valence-corrected chi connectivity index (χ3v) is 5.98. The Hall–Kier alpha value is -2.50. The second-order valence-electron chi connectivity index (χ2n) is 6.96. The molecule has 0 spiro atoms. The van der Waals surface area contributed by atoms with Crippen molar-refractivity contribution in [1.82, 2.24) is 10.2 Å². The van der Waals surface area contributed by atoms with E-state index in [0.717, 1.165) is 3.57 Å². The second-order valence-corrected chi connectivity index (χ2v) is 8.62. The number of halogens is 2. The topological polar surface area (TPSA) is 86.3 Å². The normalized spacial score (nSPS) is 14.0.